The Kier molecular flexibility index (Phi) is 2.74. The van der Waals surface area contributed by atoms with Crippen molar-refractivity contribution in [3.8, 4) is 5.75 Å². The third-order valence-electron chi connectivity index (χ3n) is 1.25. The first-order valence-electron chi connectivity index (χ1n) is 3.30. The topological polar surface area (TPSA) is 56.5 Å². The van der Waals surface area contributed by atoms with Gasteiger partial charge in [-0.05, 0) is 6.92 Å². The third-order valence-corrected chi connectivity index (χ3v) is 1.60. The highest BCUT2D eigenvalue weighted by atomic mass is 32.2. The zero-order valence-corrected chi connectivity index (χ0v) is 7.69. The van der Waals surface area contributed by atoms with E-state index in [-0.39, 0.29) is 5.76 Å². The van der Waals surface area contributed by atoms with Crippen molar-refractivity contribution in [2.75, 3.05) is 0 Å². The van der Waals surface area contributed by atoms with Crippen LogP contribution in [0, 0.1) is 6.92 Å². The van der Waals surface area contributed by atoms with Gasteiger partial charge in [-0.25, -0.2) is 0 Å². The summed E-state index contributed by atoms with van der Waals surface area (Å²) in [6.07, 6.45) is -4.77. The SMILES string of the molecule is Cc1cc(O[SH](=O)=O)c(C(F)(F)F)o1. The van der Waals surface area contributed by atoms with Gasteiger partial charge in [0.15, 0.2) is 5.75 Å². The van der Waals surface area contributed by atoms with Crippen molar-refractivity contribution < 1.29 is 30.2 Å². The summed E-state index contributed by atoms with van der Waals surface area (Å²) in [6, 6.07) is 0.855. The smallest absolute Gasteiger partial charge is 0.453 e. The van der Waals surface area contributed by atoms with E-state index in [0.29, 0.717) is 0 Å². The highest BCUT2D eigenvalue weighted by Gasteiger charge is 2.39. The van der Waals surface area contributed by atoms with Gasteiger partial charge in [0.1, 0.15) is 5.76 Å². The Morgan fingerprint density at radius 3 is 2.43 bits per heavy atom. The van der Waals surface area contributed by atoms with Gasteiger partial charge in [-0.15, -0.1) is 0 Å². The van der Waals surface area contributed by atoms with E-state index in [0.717, 1.165) is 6.07 Å². The fourth-order valence-electron chi connectivity index (χ4n) is 0.837. The summed E-state index contributed by atoms with van der Waals surface area (Å²) in [4.78, 5) is 0. The fourth-order valence-corrected chi connectivity index (χ4v) is 1.13. The Hall–Kier alpha value is -1.18. The zero-order chi connectivity index (χ0) is 10.9. The van der Waals surface area contributed by atoms with E-state index in [1.54, 1.807) is 0 Å². The summed E-state index contributed by atoms with van der Waals surface area (Å²) in [5.74, 6) is -2.37. The van der Waals surface area contributed by atoms with E-state index in [1.165, 1.54) is 6.92 Å². The largest absolute Gasteiger partial charge is 0.453 e. The van der Waals surface area contributed by atoms with Gasteiger partial charge in [0, 0.05) is 6.07 Å². The number of hydrogen-bond donors (Lipinski definition) is 1. The van der Waals surface area contributed by atoms with Crippen LogP contribution >= 0.6 is 0 Å². The summed E-state index contributed by atoms with van der Waals surface area (Å²) in [7, 11) is -3.39. The van der Waals surface area contributed by atoms with Crippen molar-refractivity contribution in [1.29, 1.82) is 0 Å². The molecule has 0 aliphatic heterocycles. The van der Waals surface area contributed by atoms with Gasteiger partial charge in [0.05, 0.1) is 0 Å². The van der Waals surface area contributed by atoms with Gasteiger partial charge in [-0.2, -0.15) is 21.6 Å². The molecule has 0 atom stereocenters. The average Bonchev–Trinajstić information content (AvgIpc) is 2.28. The molecule has 4 nitrogen and oxygen atoms in total. The van der Waals surface area contributed by atoms with Crippen LogP contribution in [0.4, 0.5) is 13.2 Å². The maximum atomic E-state index is 12.1. The first-order chi connectivity index (χ1) is 6.30. The Balaban J connectivity index is 3.15. The van der Waals surface area contributed by atoms with Crippen LogP contribution in [0.5, 0.6) is 5.75 Å². The van der Waals surface area contributed by atoms with Crippen LogP contribution in [0.1, 0.15) is 11.5 Å². The fraction of sp³-hybridized carbons (Fsp3) is 0.333. The van der Waals surface area contributed by atoms with E-state index >= 15 is 0 Å². The number of aryl methyl sites for hydroxylation is 1. The molecule has 0 N–H and O–H groups in total. The summed E-state index contributed by atoms with van der Waals surface area (Å²) in [5, 5.41) is 0. The second-order valence-electron chi connectivity index (χ2n) is 2.36. The van der Waals surface area contributed by atoms with E-state index in [9.17, 15) is 21.6 Å². The van der Waals surface area contributed by atoms with E-state index in [4.69, 9.17) is 0 Å². The predicted octanol–water partition coefficient (Wildman–Crippen LogP) is 1.51. The minimum Gasteiger partial charge on any atom is -0.453 e. The monoisotopic (exact) mass is 230 g/mol. The molecule has 0 aliphatic carbocycles. The molecule has 1 aromatic heterocycles. The number of hydrogen-bond acceptors (Lipinski definition) is 4. The lowest BCUT2D eigenvalue weighted by molar-refractivity contribution is -0.154. The van der Waals surface area contributed by atoms with Gasteiger partial charge in [0.2, 0.25) is 0 Å². The molecule has 1 heterocycles. The molecule has 8 heteroatoms. The van der Waals surface area contributed by atoms with Gasteiger partial charge in [-0.3, -0.25) is 0 Å². The molecule has 1 aromatic rings. The molecular formula is C6H5F3O4S. The number of halogens is 3. The highest BCUT2D eigenvalue weighted by molar-refractivity contribution is 7.67. The Morgan fingerprint density at radius 2 is 2.00 bits per heavy atom. The number of furan rings is 1. The molecular weight excluding hydrogens is 225 g/mol. The molecule has 0 bridgehead atoms. The molecule has 80 valence electrons. The summed E-state index contributed by atoms with van der Waals surface area (Å²) in [6.45, 7) is 1.25. The number of thiol groups is 1. The van der Waals surface area contributed by atoms with E-state index in [2.05, 4.69) is 8.60 Å². The molecule has 1 rings (SSSR count). The molecule has 14 heavy (non-hydrogen) atoms. The zero-order valence-electron chi connectivity index (χ0n) is 6.79. The maximum absolute atomic E-state index is 12.1. The van der Waals surface area contributed by atoms with Gasteiger partial charge >= 0.3 is 6.18 Å². The van der Waals surface area contributed by atoms with Gasteiger partial charge in [-0.1, -0.05) is 0 Å². The Labute approximate surface area is 78.4 Å². The van der Waals surface area contributed by atoms with Crippen LogP contribution < -0.4 is 4.18 Å². The normalized spacial score (nSPS) is 12.1. The highest BCUT2D eigenvalue weighted by Crippen LogP contribution is 2.38. The molecule has 0 aliphatic rings. The molecule has 0 radical (unpaired) electrons. The molecule has 0 amide bonds. The second-order valence-corrected chi connectivity index (χ2v) is 2.99. The lowest BCUT2D eigenvalue weighted by atomic mass is 10.4. The first kappa shape index (κ1) is 10.9. The molecule has 0 saturated carbocycles. The predicted molar refractivity (Wildman–Crippen MR) is 39.4 cm³/mol. The first-order valence-corrected chi connectivity index (χ1v) is 4.40. The summed E-state index contributed by atoms with van der Waals surface area (Å²) in [5.41, 5.74) is 0. The van der Waals surface area contributed by atoms with Crippen LogP contribution in [-0.2, 0) is 17.2 Å². The molecule has 0 spiro atoms. The van der Waals surface area contributed by atoms with Crippen molar-refractivity contribution in [2.24, 2.45) is 0 Å². The van der Waals surface area contributed by atoms with Crippen molar-refractivity contribution in [3.05, 3.63) is 17.6 Å². The van der Waals surface area contributed by atoms with E-state index in [1.807, 2.05) is 0 Å². The van der Waals surface area contributed by atoms with Crippen LogP contribution in [-0.4, -0.2) is 8.42 Å². The minimum atomic E-state index is -4.77. The van der Waals surface area contributed by atoms with Crippen molar-refractivity contribution in [3.63, 3.8) is 0 Å². The standard InChI is InChI=1S/C6H5F3O4S/c1-3-2-4(13-14(10)11)5(12-3)6(7,8)9/h2,14H,1H3. The van der Waals surface area contributed by atoms with E-state index < -0.39 is 28.7 Å². The minimum absolute atomic E-state index is 0.0795. The third kappa shape index (κ3) is 2.41. The van der Waals surface area contributed by atoms with Crippen molar-refractivity contribution in [1.82, 2.24) is 0 Å². The molecule has 0 unspecified atom stereocenters. The van der Waals surface area contributed by atoms with Gasteiger partial charge < -0.3 is 8.60 Å². The summed E-state index contributed by atoms with van der Waals surface area (Å²) < 4.78 is 64.7. The lowest BCUT2D eigenvalue weighted by Crippen LogP contribution is -2.05. The van der Waals surface area contributed by atoms with Crippen LogP contribution in [0.25, 0.3) is 0 Å². The quantitative estimate of drug-likeness (QED) is 0.782. The molecule has 0 fully saturated rings. The second kappa shape index (κ2) is 3.52. The van der Waals surface area contributed by atoms with Crippen LogP contribution in [0.3, 0.4) is 0 Å². The van der Waals surface area contributed by atoms with Crippen molar-refractivity contribution >= 4 is 11.0 Å². The van der Waals surface area contributed by atoms with Crippen molar-refractivity contribution in [2.45, 2.75) is 13.1 Å². The summed E-state index contributed by atoms with van der Waals surface area (Å²) >= 11 is 0. The number of rotatable bonds is 2. The maximum Gasteiger partial charge on any atom is 0.453 e. The number of alkyl halides is 3. The van der Waals surface area contributed by atoms with Gasteiger partial charge in [0.25, 0.3) is 16.7 Å². The molecule has 0 aromatic carbocycles. The lowest BCUT2D eigenvalue weighted by Gasteiger charge is -2.03. The average molecular weight is 230 g/mol. The van der Waals surface area contributed by atoms with Crippen LogP contribution in [0.2, 0.25) is 0 Å². The Bertz CT molecular complexity index is 396. The Morgan fingerprint density at radius 1 is 1.43 bits per heavy atom. The van der Waals surface area contributed by atoms with Crippen LogP contribution in [0.15, 0.2) is 10.5 Å². The molecule has 0 saturated heterocycles.